The summed E-state index contributed by atoms with van der Waals surface area (Å²) in [6.45, 7) is 6.73. The molecule has 0 spiro atoms. The van der Waals surface area contributed by atoms with Crippen LogP contribution in [0, 0.1) is 0 Å². The molecule has 0 aliphatic heterocycles. The van der Waals surface area contributed by atoms with Crippen molar-refractivity contribution in [2.75, 3.05) is 13.7 Å². The monoisotopic (exact) mass is 303 g/mol. The van der Waals surface area contributed by atoms with Gasteiger partial charge in [0.2, 0.25) is 0 Å². The number of methoxy groups -OCH3 is 1. The van der Waals surface area contributed by atoms with Gasteiger partial charge in [-0.15, -0.1) is 0 Å². The van der Waals surface area contributed by atoms with Gasteiger partial charge in [-0.1, -0.05) is 12.1 Å². The lowest BCUT2D eigenvalue weighted by atomic mass is 10.1. The van der Waals surface area contributed by atoms with Crippen molar-refractivity contribution in [1.82, 2.24) is 14.9 Å². The van der Waals surface area contributed by atoms with E-state index in [0.717, 1.165) is 43.1 Å². The molecule has 1 aromatic carbocycles. The fourth-order valence-electron chi connectivity index (χ4n) is 2.26. The summed E-state index contributed by atoms with van der Waals surface area (Å²) in [5.41, 5.74) is 1.12. The zero-order valence-electron chi connectivity index (χ0n) is 13.6. The molecule has 5 heteroatoms. The number of benzene rings is 1. The lowest BCUT2D eigenvalue weighted by Crippen LogP contribution is -2.18. The Bertz CT molecular complexity index is 553. The average molecular weight is 303 g/mol. The standard InChI is InChI=1S/C17H25N3O2/c1-14(2)22-17-15(6-4-7-16(17)21-3)12-18-8-5-10-20-11-9-19-13-20/h4,6-7,9,11,13-14,18H,5,8,10,12H2,1-3H3. The summed E-state index contributed by atoms with van der Waals surface area (Å²) < 4.78 is 13.4. The number of imidazole rings is 1. The van der Waals surface area contributed by atoms with E-state index in [-0.39, 0.29) is 6.10 Å². The summed E-state index contributed by atoms with van der Waals surface area (Å²) >= 11 is 0. The fraction of sp³-hybridized carbons (Fsp3) is 0.471. The van der Waals surface area contributed by atoms with Gasteiger partial charge in [0.25, 0.3) is 0 Å². The molecule has 0 saturated heterocycles. The molecule has 0 bridgehead atoms. The molecule has 0 unspecified atom stereocenters. The van der Waals surface area contributed by atoms with E-state index in [2.05, 4.69) is 20.9 Å². The van der Waals surface area contributed by atoms with Crippen LogP contribution in [0.1, 0.15) is 25.8 Å². The fourth-order valence-corrected chi connectivity index (χ4v) is 2.26. The molecule has 5 nitrogen and oxygen atoms in total. The number of hydrogen-bond donors (Lipinski definition) is 1. The first-order chi connectivity index (χ1) is 10.7. The van der Waals surface area contributed by atoms with E-state index >= 15 is 0 Å². The van der Waals surface area contributed by atoms with Crippen LogP contribution in [0.3, 0.4) is 0 Å². The molecule has 2 aromatic rings. The molecule has 1 heterocycles. The van der Waals surface area contributed by atoms with Gasteiger partial charge in [-0.2, -0.15) is 0 Å². The third kappa shape index (κ3) is 4.77. The third-order valence-corrected chi connectivity index (χ3v) is 3.28. The molecule has 120 valence electrons. The quantitative estimate of drug-likeness (QED) is 0.724. The Kier molecular flexibility index (Phi) is 6.27. The molecule has 22 heavy (non-hydrogen) atoms. The smallest absolute Gasteiger partial charge is 0.166 e. The molecule has 1 N–H and O–H groups in total. The highest BCUT2D eigenvalue weighted by Gasteiger charge is 2.11. The van der Waals surface area contributed by atoms with E-state index in [1.807, 2.05) is 38.5 Å². The number of aromatic nitrogens is 2. The van der Waals surface area contributed by atoms with Crippen molar-refractivity contribution in [2.24, 2.45) is 0 Å². The van der Waals surface area contributed by atoms with Crippen molar-refractivity contribution in [1.29, 1.82) is 0 Å². The number of para-hydroxylation sites is 1. The van der Waals surface area contributed by atoms with Crippen molar-refractivity contribution in [2.45, 2.75) is 39.5 Å². The van der Waals surface area contributed by atoms with Gasteiger partial charge < -0.3 is 19.4 Å². The van der Waals surface area contributed by atoms with Gasteiger partial charge in [-0.25, -0.2) is 4.98 Å². The highest BCUT2D eigenvalue weighted by Crippen LogP contribution is 2.31. The van der Waals surface area contributed by atoms with Crippen LogP contribution in [0.2, 0.25) is 0 Å². The highest BCUT2D eigenvalue weighted by atomic mass is 16.5. The predicted molar refractivity (Wildman–Crippen MR) is 87.3 cm³/mol. The van der Waals surface area contributed by atoms with Crippen LogP contribution in [-0.2, 0) is 13.1 Å². The molecule has 0 radical (unpaired) electrons. The summed E-state index contributed by atoms with van der Waals surface area (Å²) in [6.07, 6.45) is 6.81. The lowest BCUT2D eigenvalue weighted by molar-refractivity contribution is 0.227. The van der Waals surface area contributed by atoms with E-state index in [9.17, 15) is 0 Å². The second-order valence-corrected chi connectivity index (χ2v) is 5.45. The molecule has 0 amide bonds. The molecule has 0 aliphatic rings. The minimum Gasteiger partial charge on any atom is -0.493 e. The summed E-state index contributed by atoms with van der Waals surface area (Å²) in [7, 11) is 1.67. The first-order valence-electron chi connectivity index (χ1n) is 7.69. The predicted octanol–water partition coefficient (Wildman–Crippen LogP) is 2.86. The number of nitrogens with zero attached hydrogens (tertiary/aromatic N) is 2. The molecular weight excluding hydrogens is 278 g/mol. The third-order valence-electron chi connectivity index (χ3n) is 3.28. The minimum atomic E-state index is 0.122. The Balaban J connectivity index is 1.86. The van der Waals surface area contributed by atoms with Crippen LogP contribution in [0.5, 0.6) is 11.5 Å². The number of rotatable bonds is 9. The molecule has 0 aliphatic carbocycles. The average Bonchev–Trinajstić information content (AvgIpc) is 3.01. The van der Waals surface area contributed by atoms with Crippen LogP contribution in [0.25, 0.3) is 0 Å². The van der Waals surface area contributed by atoms with E-state index < -0.39 is 0 Å². The normalized spacial score (nSPS) is 10.9. The summed E-state index contributed by atoms with van der Waals surface area (Å²) in [5, 5.41) is 3.46. The maximum Gasteiger partial charge on any atom is 0.166 e. The summed E-state index contributed by atoms with van der Waals surface area (Å²) in [4.78, 5) is 4.04. The summed E-state index contributed by atoms with van der Waals surface area (Å²) in [6, 6.07) is 6.00. The van der Waals surface area contributed by atoms with Gasteiger partial charge in [0.15, 0.2) is 11.5 Å². The Labute approximate surface area is 132 Å². The Morgan fingerprint density at radius 3 is 2.86 bits per heavy atom. The molecule has 0 saturated carbocycles. The highest BCUT2D eigenvalue weighted by molar-refractivity contribution is 5.46. The minimum absolute atomic E-state index is 0.122. The van der Waals surface area contributed by atoms with Gasteiger partial charge in [0.05, 0.1) is 19.5 Å². The van der Waals surface area contributed by atoms with Gasteiger partial charge in [-0.3, -0.25) is 0 Å². The second-order valence-electron chi connectivity index (χ2n) is 5.45. The number of ether oxygens (including phenoxy) is 2. The van der Waals surface area contributed by atoms with Crippen molar-refractivity contribution in [3.8, 4) is 11.5 Å². The zero-order chi connectivity index (χ0) is 15.8. The Morgan fingerprint density at radius 2 is 2.18 bits per heavy atom. The number of hydrogen-bond acceptors (Lipinski definition) is 4. The van der Waals surface area contributed by atoms with E-state index in [0.29, 0.717) is 0 Å². The molecule has 2 rings (SSSR count). The van der Waals surface area contributed by atoms with Crippen LogP contribution in [0.15, 0.2) is 36.9 Å². The van der Waals surface area contributed by atoms with Crippen molar-refractivity contribution in [3.05, 3.63) is 42.5 Å². The van der Waals surface area contributed by atoms with Crippen molar-refractivity contribution >= 4 is 0 Å². The first-order valence-corrected chi connectivity index (χ1v) is 7.69. The first kappa shape index (κ1) is 16.4. The van der Waals surface area contributed by atoms with Crippen LogP contribution in [-0.4, -0.2) is 29.3 Å². The topological polar surface area (TPSA) is 48.3 Å². The van der Waals surface area contributed by atoms with Gasteiger partial charge in [0.1, 0.15) is 0 Å². The Morgan fingerprint density at radius 1 is 1.32 bits per heavy atom. The summed E-state index contributed by atoms with van der Waals surface area (Å²) in [5.74, 6) is 1.62. The second kappa shape index (κ2) is 8.44. The van der Waals surface area contributed by atoms with Gasteiger partial charge in [-0.05, 0) is 32.9 Å². The van der Waals surface area contributed by atoms with E-state index in [1.165, 1.54) is 0 Å². The van der Waals surface area contributed by atoms with Gasteiger partial charge in [0, 0.05) is 31.0 Å². The molecule has 1 aromatic heterocycles. The van der Waals surface area contributed by atoms with E-state index in [1.54, 1.807) is 13.3 Å². The SMILES string of the molecule is COc1cccc(CNCCCn2ccnc2)c1OC(C)C. The molecule has 0 fully saturated rings. The Hall–Kier alpha value is -2.01. The van der Waals surface area contributed by atoms with Gasteiger partial charge >= 0.3 is 0 Å². The molecular formula is C17H25N3O2. The largest absolute Gasteiger partial charge is 0.493 e. The van der Waals surface area contributed by atoms with Crippen LogP contribution < -0.4 is 14.8 Å². The molecule has 0 atom stereocenters. The number of nitrogens with one attached hydrogen (secondary N) is 1. The van der Waals surface area contributed by atoms with E-state index in [4.69, 9.17) is 9.47 Å². The zero-order valence-corrected chi connectivity index (χ0v) is 13.6. The maximum atomic E-state index is 5.91. The van der Waals surface area contributed by atoms with Crippen molar-refractivity contribution < 1.29 is 9.47 Å². The maximum absolute atomic E-state index is 5.91. The van der Waals surface area contributed by atoms with Crippen LogP contribution in [0.4, 0.5) is 0 Å². The lowest BCUT2D eigenvalue weighted by Gasteiger charge is -2.17. The van der Waals surface area contributed by atoms with Crippen LogP contribution >= 0.6 is 0 Å². The van der Waals surface area contributed by atoms with Crippen molar-refractivity contribution in [3.63, 3.8) is 0 Å². The number of aryl methyl sites for hydroxylation is 1.